The Hall–Kier alpha value is -4.61. The Kier molecular flexibility index (Phi) is 14.3. The molecule has 1 aliphatic rings. The van der Waals surface area contributed by atoms with Gasteiger partial charge in [0.05, 0.1) is 30.3 Å². The summed E-state index contributed by atoms with van der Waals surface area (Å²) in [6.07, 6.45) is -3.64. The van der Waals surface area contributed by atoms with E-state index < -0.39 is 35.2 Å². The second kappa shape index (κ2) is 18.8. The Balaban J connectivity index is 1.56. The van der Waals surface area contributed by atoms with E-state index in [2.05, 4.69) is 18.7 Å². The number of benzene rings is 4. The first-order chi connectivity index (χ1) is 27.1. The van der Waals surface area contributed by atoms with Crippen molar-refractivity contribution in [3.05, 3.63) is 125 Å². The Morgan fingerprint density at radius 3 is 1.81 bits per heavy atom. The first-order valence-corrected chi connectivity index (χ1v) is 19.4. The minimum atomic E-state index is -4.67. The molecule has 11 heteroatoms. The number of carbonyl (C=O) groups is 1. The van der Waals surface area contributed by atoms with Crippen molar-refractivity contribution in [2.75, 3.05) is 25.2 Å². The summed E-state index contributed by atoms with van der Waals surface area (Å²) < 4.78 is 101. The van der Waals surface area contributed by atoms with Crippen molar-refractivity contribution in [1.82, 2.24) is 0 Å². The van der Waals surface area contributed by atoms with Gasteiger partial charge in [-0.1, -0.05) is 82.2 Å². The van der Waals surface area contributed by atoms with E-state index in [-0.39, 0.29) is 23.3 Å². The summed E-state index contributed by atoms with van der Waals surface area (Å²) in [4.78, 5) is 13.4. The molecule has 1 aliphatic carbocycles. The number of nitrogens with zero attached hydrogens (tertiary/aromatic N) is 1. The predicted octanol–water partition coefficient (Wildman–Crippen LogP) is 13.3. The quantitative estimate of drug-likeness (QED) is 0.0311. The number of methoxy groups -OCH3 is 1. The van der Waals surface area contributed by atoms with Crippen LogP contribution in [0.4, 0.5) is 43.4 Å². The van der Waals surface area contributed by atoms with Crippen LogP contribution < -0.4 is 4.90 Å². The van der Waals surface area contributed by atoms with Crippen molar-refractivity contribution in [3.63, 3.8) is 0 Å². The highest BCUT2D eigenvalue weighted by atomic mass is 19.4. The molecule has 0 aliphatic heterocycles. The van der Waals surface area contributed by atoms with E-state index in [4.69, 9.17) is 14.2 Å². The van der Waals surface area contributed by atoms with Gasteiger partial charge in [-0.05, 0) is 115 Å². The molecule has 4 aromatic rings. The van der Waals surface area contributed by atoms with Crippen LogP contribution in [0.15, 0.2) is 103 Å². The number of halogens is 6. The van der Waals surface area contributed by atoms with Crippen LogP contribution >= 0.6 is 0 Å². The molecule has 2 atom stereocenters. The van der Waals surface area contributed by atoms with E-state index in [1.165, 1.54) is 29.2 Å². The predicted molar refractivity (Wildman–Crippen MR) is 212 cm³/mol. The monoisotopic (exact) mass is 795 g/mol. The van der Waals surface area contributed by atoms with Gasteiger partial charge < -0.3 is 19.1 Å². The maximum absolute atomic E-state index is 14.0. The lowest BCUT2D eigenvalue weighted by molar-refractivity contribution is -0.147. The first kappa shape index (κ1) is 43.5. The van der Waals surface area contributed by atoms with Gasteiger partial charge in [0.1, 0.15) is 0 Å². The van der Waals surface area contributed by atoms with E-state index in [9.17, 15) is 31.1 Å². The molecule has 0 bridgehead atoms. The normalized spacial score (nSPS) is 15.6. The lowest BCUT2D eigenvalue weighted by Gasteiger charge is -2.34. The molecule has 2 unspecified atom stereocenters. The fourth-order valence-electron chi connectivity index (χ4n) is 7.69. The van der Waals surface area contributed by atoms with Gasteiger partial charge >= 0.3 is 18.3 Å². The smallest absolute Gasteiger partial charge is 0.416 e. The van der Waals surface area contributed by atoms with E-state index >= 15 is 0 Å². The zero-order valence-corrected chi connectivity index (χ0v) is 32.9. The van der Waals surface area contributed by atoms with Crippen LogP contribution in [0.5, 0.6) is 0 Å². The van der Waals surface area contributed by atoms with Gasteiger partial charge in [-0.25, -0.2) is 0 Å². The van der Waals surface area contributed by atoms with Crippen molar-refractivity contribution in [3.8, 4) is 11.1 Å². The molecule has 5 nitrogen and oxygen atoms in total. The number of alkyl halides is 6. The van der Waals surface area contributed by atoms with E-state index in [0.717, 1.165) is 90.6 Å². The average molecular weight is 796 g/mol. The van der Waals surface area contributed by atoms with E-state index in [0.29, 0.717) is 31.7 Å². The Morgan fingerprint density at radius 2 is 1.23 bits per heavy atom. The summed E-state index contributed by atoms with van der Waals surface area (Å²) in [5.41, 5.74) is 3.11. The molecule has 306 valence electrons. The van der Waals surface area contributed by atoms with Gasteiger partial charge in [0.2, 0.25) is 0 Å². The Bertz CT molecular complexity index is 1930. The molecule has 0 saturated carbocycles. The van der Waals surface area contributed by atoms with Gasteiger partial charge in [0.15, 0.2) is 6.29 Å². The number of hydrogen-bond acceptors (Lipinski definition) is 5. The van der Waals surface area contributed by atoms with Crippen LogP contribution in [-0.2, 0) is 36.8 Å². The molecule has 0 heterocycles. The first-order valence-electron chi connectivity index (χ1n) is 19.4. The van der Waals surface area contributed by atoms with Crippen LogP contribution in [0, 0.1) is 5.92 Å². The number of ether oxygens (including phenoxy) is 3. The van der Waals surface area contributed by atoms with Gasteiger partial charge in [-0.2, -0.15) is 26.3 Å². The number of rotatable bonds is 19. The topological polar surface area (TPSA) is 48.0 Å². The molecular weight excluding hydrogens is 744 g/mol. The summed E-state index contributed by atoms with van der Waals surface area (Å²) in [5.74, 6) is -0.417. The van der Waals surface area contributed by atoms with Crippen LogP contribution in [0.2, 0.25) is 0 Å². The lowest BCUT2D eigenvalue weighted by atomic mass is 9.70. The number of fused-ring (bicyclic) bond motifs is 3. The number of esters is 1. The maximum atomic E-state index is 14.0. The van der Waals surface area contributed by atoms with Gasteiger partial charge in [0.25, 0.3) is 0 Å². The van der Waals surface area contributed by atoms with Crippen molar-refractivity contribution >= 4 is 23.0 Å². The molecule has 4 aromatic carbocycles. The fraction of sp³-hybridized carbons (Fsp3) is 0.413. The number of hydrogen-bond donors (Lipinski definition) is 0. The Morgan fingerprint density at radius 1 is 0.684 bits per heavy atom. The average Bonchev–Trinajstić information content (AvgIpc) is 3.44. The molecule has 0 radical (unpaired) electrons. The zero-order chi connectivity index (χ0) is 41.4. The molecule has 57 heavy (non-hydrogen) atoms. The minimum Gasteiger partial charge on any atom is -0.465 e. The third-order valence-electron chi connectivity index (χ3n) is 10.5. The van der Waals surface area contributed by atoms with Crippen molar-refractivity contribution in [2.24, 2.45) is 5.92 Å². The third-order valence-corrected chi connectivity index (χ3v) is 10.5. The van der Waals surface area contributed by atoms with Crippen molar-refractivity contribution in [2.45, 2.75) is 96.2 Å². The summed E-state index contributed by atoms with van der Waals surface area (Å²) in [5, 5.41) is 0. The number of unbranched alkanes of at least 4 members (excludes halogenated alkanes) is 4. The fourth-order valence-corrected chi connectivity index (χ4v) is 7.69. The highest BCUT2D eigenvalue weighted by molar-refractivity contribution is 5.86. The van der Waals surface area contributed by atoms with Crippen molar-refractivity contribution in [1.29, 1.82) is 0 Å². The highest BCUT2D eigenvalue weighted by Crippen LogP contribution is 2.55. The molecule has 5 rings (SSSR count). The van der Waals surface area contributed by atoms with Crippen LogP contribution in [0.3, 0.4) is 0 Å². The summed E-state index contributed by atoms with van der Waals surface area (Å²) >= 11 is 0. The van der Waals surface area contributed by atoms with E-state index in [1.807, 2.05) is 31.2 Å². The minimum absolute atomic E-state index is 0.0748. The van der Waals surface area contributed by atoms with E-state index in [1.54, 1.807) is 27.0 Å². The molecular formula is C46H51F6NO4. The van der Waals surface area contributed by atoms with Crippen LogP contribution in [-0.4, -0.2) is 32.6 Å². The number of carbonyl (C=O) groups excluding carboxylic acids is 1. The Labute approximate surface area is 331 Å². The van der Waals surface area contributed by atoms with Crippen LogP contribution in [0.1, 0.15) is 94.4 Å². The summed E-state index contributed by atoms with van der Waals surface area (Å²) in [6.45, 7) is 10.2. The van der Waals surface area contributed by atoms with Crippen LogP contribution in [0.25, 0.3) is 11.1 Å². The molecule has 0 saturated heterocycles. The SMILES string of the molecule is C=C(C)C(OC)OCCCCC1(CCCCCCOC(=O)C(C)C)c2ccccc2-c2ccc(N(c3cccc(C(F)(F)F)c3)c3cccc(C(F)(F)F)c3)cc21. The molecule has 0 fully saturated rings. The lowest BCUT2D eigenvalue weighted by Crippen LogP contribution is -2.26. The standard InChI is InChI=1S/C46H51F6NO4/c1-31(2)42(54)56-26-12-7-6-10-24-44(25-11-13-27-57-43(55-5)32(3)4)40-21-9-8-20-38(40)39-23-22-37(30-41(39)44)53(35-18-14-16-33(28-35)45(47,48)49)36-19-15-17-34(29-36)46(50,51)52/h8-9,14-23,28-31,43H,3,6-7,10-13,24-27H2,1-2,4-5H3. The molecule has 0 spiro atoms. The second-order valence-electron chi connectivity index (χ2n) is 15.0. The maximum Gasteiger partial charge on any atom is 0.416 e. The summed E-state index contributed by atoms with van der Waals surface area (Å²) in [6, 6.07) is 23.1. The summed E-state index contributed by atoms with van der Waals surface area (Å²) in [7, 11) is 1.56. The van der Waals surface area contributed by atoms with Gasteiger partial charge in [0, 0.05) is 29.6 Å². The third kappa shape index (κ3) is 10.5. The molecule has 0 N–H and O–H groups in total. The zero-order valence-electron chi connectivity index (χ0n) is 32.9. The molecule has 0 aromatic heterocycles. The molecule has 0 amide bonds. The number of anilines is 3. The van der Waals surface area contributed by atoms with Crippen molar-refractivity contribution < 1.29 is 45.3 Å². The van der Waals surface area contributed by atoms with Gasteiger partial charge in [-0.3, -0.25) is 4.79 Å². The largest absolute Gasteiger partial charge is 0.465 e. The highest BCUT2D eigenvalue weighted by Gasteiger charge is 2.43. The second-order valence-corrected chi connectivity index (χ2v) is 15.0. The van der Waals surface area contributed by atoms with Gasteiger partial charge in [-0.15, -0.1) is 0 Å².